The molecule has 1 saturated heterocycles. The minimum Gasteiger partial charge on any atom is -0.338 e. The molecule has 0 bridgehead atoms. The fourth-order valence-corrected chi connectivity index (χ4v) is 4.88. The quantitative estimate of drug-likeness (QED) is 0.850. The minimum atomic E-state index is -0.100. The van der Waals surface area contributed by atoms with Gasteiger partial charge in [0.2, 0.25) is 5.91 Å². The van der Waals surface area contributed by atoms with E-state index in [1.54, 1.807) is 4.57 Å². The molecule has 2 fully saturated rings. The number of fused-ring (bicyclic) bond motifs is 1. The highest BCUT2D eigenvalue weighted by Crippen LogP contribution is 2.35. The average molecular weight is 332 g/mol. The van der Waals surface area contributed by atoms with E-state index in [-0.39, 0.29) is 18.1 Å². The molecule has 6 heteroatoms. The third kappa shape index (κ3) is 2.91. The first-order valence-corrected chi connectivity index (χ1v) is 9.70. The predicted molar refractivity (Wildman–Crippen MR) is 90.7 cm³/mol. The molecule has 1 saturated carbocycles. The number of nitrogens with zero attached hydrogens (tertiary/aromatic N) is 4. The Morgan fingerprint density at radius 1 is 1.00 bits per heavy atom. The van der Waals surface area contributed by atoms with Crippen molar-refractivity contribution in [2.75, 3.05) is 6.54 Å². The van der Waals surface area contributed by atoms with Crippen molar-refractivity contribution in [3.63, 3.8) is 0 Å². The number of likely N-dealkylation sites (tertiary alicyclic amines) is 1. The van der Waals surface area contributed by atoms with Gasteiger partial charge in [0.1, 0.15) is 12.4 Å². The highest BCUT2D eigenvalue weighted by Gasteiger charge is 2.36. The van der Waals surface area contributed by atoms with Crippen molar-refractivity contribution >= 4 is 5.91 Å². The maximum Gasteiger partial charge on any atom is 0.346 e. The fraction of sp³-hybridized carbons (Fsp3) is 0.833. The van der Waals surface area contributed by atoms with Crippen LogP contribution in [0.1, 0.15) is 63.6 Å². The van der Waals surface area contributed by atoms with Crippen LogP contribution in [0.25, 0.3) is 0 Å². The van der Waals surface area contributed by atoms with Gasteiger partial charge in [-0.2, -0.15) is 5.10 Å². The average Bonchev–Trinajstić information content (AvgIpc) is 3.27. The first-order chi connectivity index (χ1) is 11.7. The molecule has 3 heterocycles. The van der Waals surface area contributed by atoms with Crippen molar-refractivity contribution in [3.8, 4) is 0 Å². The number of hydrogen-bond acceptors (Lipinski definition) is 3. The lowest BCUT2D eigenvalue weighted by atomic mass is 9.96. The maximum absolute atomic E-state index is 12.8. The number of aromatic nitrogens is 3. The van der Waals surface area contributed by atoms with Gasteiger partial charge in [0, 0.05) is 25.6 Å². The van der Waals surface area contributed by atoms with Crippen LogP contribution in [0.15, 0.2) is 4.79 Å². The van der Waals surface area contributed by atoms with Crippen molar-refractivity contribution in [3.05, 3.63) is 16.3 Å². The van der Waals surface area contributed by atoms with Crippen LogP contribution in [0.5, 0.6) is 0 Å². The van der Waals surface area contributed by atoms with Gasteiger partial charge in [0.15, 0.2) is 0 Å². The summed E-state index contributed by atoms with van der Waals surface area (Å²) in [6, 6.07) is 0.399. The van der Waals surface area contributed by atoms with Gasteiger partial charge in [0.05, 0.1) is 0 Å². The van der Waals surface area contributed by atoms with Crippen LogP contribution in [0.2, 0.25) is 0 Å². The zero-order valence-electron chi connectivity index (χ0n) is 14.5. The van der Waals surface area contributed by atoms with E-state index in [2.05, 4.69) is 5.10 Å². The van der Waals surface area contributed by atoms with Crippen molar-refractivity contribution in [1.29, 1.82) is 0 Å². The summed E-state index contributed by atoms with van der Waals surface area (Å²) >= 11 is 0. The molecule has 1 amide bonds. The van der Waals surface area contributed by atoms with E-state index >= 15 is 0 Å². The summed E-state index contributed by atoms with van der Waals surface area (Å²) in [5.41, 5.74) is -0.100. The molecule has 6 nitrogen and oxygen atoms in total. The second-order valence-electron chi connectivity index (χ2n) is 7.66. The lowest BCUT2D eigenvalue weighted by Crippen LogP contribution is -2.42. The third-order valence-corrected chi connectivity index (χ3v) is 6.13. The molecule has 1 aliphatic carbocycles. The Morgan fingerprint density at radius 3 is 2.67 bits per heavy atom. The summed E-state index contributed by atoms with van der Waals surface area (Å²) < 4.78 is 3.19. The van der Waals surface area contributed by atoms with Gasteiger partial charge in [-0.3, -0.25) is 9.36 Å². The lowest BCUT2D eigenvalue weighted by molar-refractivity contribution is -0.133. The Bertz CT molecular complexity index is 656. The molecule has 4 rings (SSSR count). The van der Waals surface area contributed by atoms with E-state index < -0.39 is 0 Å². The highest BCUT2D eigenvalue weighted by atomic mass is 16.2. The molecule has 1 aromatic rings. The molecule has 1 aromatic heterocycles. The van der Waals surface area contributed by atoms with E-state index in [1.807, 2.05) is 4.90 Å². The summed E-state index contributed by atoms with van der Waals surface area (Å²) in [6.07, 6.45) is 11.5. The topological polar surface area (TPSA) is 60.1 Å². The molecule has 1 unspecified atom stereocenters. The molecule has 0 N–H and O–H groups in total. The molecular weight excluding hydrogens is 304 g/mol. The maximum atomic E-state index is 12.8. The van der Waals surface area contributed by atoms with Gasteiger partial charge in [-0.25, -0.2) is 9.48 Å². The van der Waals surface area contributed by atoms with Gasteiger partial charge in [-0.05, 0) is 44.4 Å². The molecule has 24 heavy (non-hydrogen) atoms. The first kappa shape index (κ1) is 15.9. The molecule has 132 valence electrons. The largest absolute Gasteiger partial charge is 0.346 e. The molecule has 1 atom stereocenters. The Balaban J connectivity index is 1.49. The predicted octanol–water partition coefficient (Wildman–Crippen LogP) is 1.95. The van der Waals surface area contributed by atoms with Crippen molar-refractivity contribution in [2.45, 2.75) is 83.3 Å². The van der Waals surface area contributed by atoms with E-state index in [0.29, 0.717) is 12.0 Å². The van der Waals surface area contributed by atoms with Crippen LogP contribution in [-0.2, 0) is 24.3 Å². The monoisotopic (exact) mass is 332 g/mol. The SMILES string of the molecule is O=C(Cn1nc2n(c1=O)CCCCC2)N1CCCC1C1CCCC1. The van der Waals surface area contributed by atoms with Crippen molar-refractivity contribution in [2.24, 2.45) is 5.92 Å². The summed E-state index contributed by atoms with van der Waals surface area (Å²) in [5.74, 6) is 1.62. The zero-order chi connectivity index (χ0) is 16.5. The number of carbonyl (C=O) groups excluding carboxylic acids is 1. The number of amides is 1. The van der Waals surface area contributed by atoms with Crippen molar-refractivity contribution in [1.82, 2.24) is 19.2 Å². The van der Waals surface area contributed by atoms with Gasteiger partial charge < -0.3 is 4.90 Å². The number of hydrogen-bond donors (Lipinski definition) is 0. The van der Waals surface area contributed by atoms with Crippen LogP contribution >= 0.6 is 0 Å². The fourth-order valence-electron chi connectivity index (χ4n) is 4.88. The molecular formula is C18H28N4O2. The number of aryl methyl sites for hydroxylation is 1. The van der Waals surface area contributed by atoms with Crippen LogP contribution in [0.3, 0.4) is 0 Å². The van der Waals surface area contributed by atoms with Gasteiger partial charge in [0.25, 0.3) is 0 Å². The third-order valence-electron chi connectivity index (χ3n) is 6.13. The van der Waals surface area contributed by atoms with E-state index in [1.165, 1.54) is 30.4 Å². The summed E-state index contributed by atoms with van der Waals surface area (Å²) in [6.45, 7) is 1.71. The summed E-state index contributed by atoms with van der Waals surface area (Å²) in [4.78, 5) is 27.4. The van der Waals surface area contributed by atoms with Crippen LogP contribution in [0, 0.1) is 5.92 Å². The molecule has 0 spiro atoms. The van der Waals surface area contributed by atoms with E-state index in [0.717, 1.165) is 57.4 Å². The molecule has 0 radical (unpaired) electrons. The van der Waals surface area contributed by atoms with Crippen molar-refractivity contribution < 1.29 is 4.79 Å². The second-order valence-corrected chi connectivity index (χ2v) is 7.66. The Morgan fingerprint density at radius 2 is 1.83 bits per heavy atom. The normalized spacial score (nSPS) is 25.0. The van der Waals surface area contributed by atoms with Gasteiger partial charge in [-0.1, -0.05) is 19.3 Å². The molecule has 2 aliphatic heterocycles. The number of rotatable bonds is 3. The van der Waals surface area contributed by atoms with Crippen LogP contribution in [0.4, 0.5) is 0 Å². The zero-order valence-corrected chi connectivity index (χ0v) is 14.5. The Labute approximate surface area is 142 Å². The molecule has 3 aliphatic rings. The minimum absolute atomic E-state index is 0.0831. The highest BCUT2D eigenvalue weighted by molar-refractivity contribution is 5.76. The smallest absolute Gasteiger partial charge is 0.338 e. The summed E-state index contributed by atoms with van der Waals surface area (Å²) in [5, 5.41) is 4.46. The Kier molecular flexibility index (Phi) is 4.46. The van der Waals surface area contributed by atoms with Crippen LogP contribution < -0.4 is 5.69 Å². The van der Waals surface area contributed by atoms with Gasteiger partial charge in [-0.15, -0.1) is 0 Å². The molecule has 0 aromatic carbocycles. The summed E-state index contributed by atoms with van der Waals surface area (Å²) in [7, 11) is 0. The van der Waals surface area contributed by atoms with Gasteiger partial charge >= 0.3 is 5.69 Å². The Hall–Kier alpha value is -1.59. The van der Waals surface area contributed by atoms with E-state index in [9.17, 15) is 9.59 Å². The number of carbonyl (C=O) groups is 1. The second kappa shape index (κ2) is 6.73. The first-order valence-electron chi connectivity index (χ1n) is 9.70. The lowest BCUT2D eigenvalue weighted by Gasteiger charge is -2.29. The standard InChI is InChI=1S/C18H28N4O2/c23-17(20-12-6-9-15(20)14-7-3-4-8-14)13-22-18(24)21-11-5-1-2-10-16(21)19-22/h14-15H,1-13H2. The van der Waals surface area contributed by atoms with Crippen LogP contribution in [-0.4, -0.2) is 37.7 Å². The van der Waals surface area contributed by atoms with E-state index in [4.69, 9.17) is 0 Å².